The minimum absolute atomic E-state index is 0.0191. The Morgan fingerprint density at radius 3 is 2.47 bits per heavy atom. The summed E-state index contributed by atoms with van der Waals surface area (Å²) in [4.78, 5) is 14.1. The van der Waals surface area contributed by atoms with E-state index >= 15 is 0 Å². The Morgan fingerprint density at radius 2 is 2.00 bits per heavy atom. The van der Waals surface area contributed by atoms with Gasteiger partial charge >= 0.3 is 0 Å². The number of aryl methyl sites for hydroxylation is 1. The maximum absolute atomic E-state index is 12.3. The maximum Gasteiger partial charge on any atom is 0.256 e. The number of nitrogens with two attached hydrogens (primary N) is 1. The molecule has 0 saturated heterocycles. The Balaban J connectivity index is 3.05. The van der Waals surface area contributed by atoms with E-state index in [-0.39, 0.29) is 11.4 Å². The number of hydrogen-bond acceptors (Lipinski definition) is 2. The molecule has 1 aromatic rings. The van der Waals surface area contributed by atoms with Gasteiger partial charge in [0.2, 0.25) is 0 Å². The molecule has 0 radical (unpaired) electrons. The number of nitrogens with zero attached hydrogens (tertiary/aromatic N) is 1. The normalized spacial score (nSPS) is 11.4. The van der Waals surface area contributed by atoms with Gasteiger partial charge < -0.3 is 10.6 Å². The minimum Gasteiger partial charge on any atom is -0.398 e. The third-order valence-corrected chi connectivity index (χ3v) is 3.52. The average Bonchev–Trinajstić information content (AvgIpc) is 2.27. The van der Waals surface area contributed by atoms with Crippen molar-refractivity contribution in [3.8, 4) is 0 Å². The number of carbonyl (C=O) groups is 1. The molecular weight excluding hydrogens is 212 g/mol. The lowest BCUT2D eigenvalue weighted by Gasteiger charge is -2.35. The second-order valence-electron chi connectivity index (χ2n) is 5.12. The highest BCUT2D eigenvalue weighted by Gasteiger charge is 2.27. The Labute approximate surface area is 104 Å². The summed E-state index contributed by atoms with van der Waals surface area (Å²) in [6.45, 7) is 8.14. The summed E-state index contributed by atoms with van der Waals surface area (Å²) in [5.41, 5.74) is 7.94. The van der Waals surface area contributed by atoms with Crippen LogP contribution in [-0.2, 0) is 0 Å². The lowest BCUT2D eigenvalue weighted by Crippen LogP contribution is -2.44. The van der Waals surface area contributed by atoms with E-state index in [1.807, 2.05) is 26.1 Å². The molecule has 0 saturated carbocycles. The van der Waals surface area contributed by atoms with Gasteiger partial charge in [-0.05, 0) is 44.9 Å². The summed E-state index contributed by atoms with van der Waals surface area (Å²) >= 11 is 0. The van der Waals surface area contributed by atoms with Crippen LogP contribution in [-0.4, -0.2) is 23.4 Å². The molecule has 0 heterocycles. The van der Waals surface area contributed by atoms with Crippen LogP contribution in [0.15, 0.2) is 18.2 Å². The van der Waals surface area contributed by atoms with E-state index in [0.717, 1.165) is 12.0 Å². The van der Waals surface area contributed by atoms with Crippen LogP contribution in [0.4, 0.5) is 5.69 Å². The number of carbonyl (C=O) groups excluding carboxylic acids is 1. The van der Waals surface area contributed by atoms with Gasteiger partial charge in [-0.1, -0.05) is 13.0 Å². The van der Waals surface area contributed by atoms with Crippen LogP contribution in [0, 0.1) is 6.92 Å². The van der Waals surface area contributed by atoms with Gasteiger partial charge in [0, 0.05) is 18.3 Å². The highest BCUT2D eigenvalue weighted by Crippen LogP contribution is 2.22. The molecule has 0 atom stereocenters. The zero-order chi connectivity index (χ0) is 13.2. The van der Waals surface area contributed by atoms with Gasteiger partial charge in [0.15, 0.2) is 0 Å². The van der Waals surface area contributed by atoms with Crippen molar-refractivity contribution in [3.63, 3.8) is 0 Å². The van der Waals surface area contributed by atoms with Crippen molar-refractivity contribution in [1.82, 2.24) is 4.90 Å². The zero-order valence-electron chi connectivity index (χ0n) is 11.4. The number of amides is 1. The molecule has 0 aliphatic carbocycles. The molecule has 3 nitrogen and oxygen atoms in total. The quantitative estimate of drug-likeness (QED) is 0.817. The van der Waals surface area contributed by atoms with Gasteiger partial charge in [0.25, 0.3) is 5.91 Å². The summed E-state index contributed by atoms with van der Waals surface area (Å²) in [7, 11) is 1.82. The molecule has 0 unspecified atom stereocenters. The van der Waals surface area contributed by atoms with Crippen LogP contribution >= 0.6 is 0 Å². The molecule has 0 aromatic heterocycles. The Bertz CT molecular complexity index is 424. The number of nitrogen functional groups attached to an aromatic ring is 1. The highest BCUT2D eigenvalue weighted by atomic mass is 16.2. The van der Waals surface area contributed by atoms with Gasteiger partial charge in [-0.3, -0.25) is 4.79 Å². The maximum atomic E-state index is 12.3. The van der Waals surface area contributed by atoms with E-state index in [1.165, 1.54) is 0 Å². The fourth-order valence-corrected chi connectivity index (χ4v) is 1.57. The predicted molar refractivity (Wildman–Crippen MR) is 72.1 cm³/mol. The van der Waals surface area contributed by atoms with Crippen molar-refractivity contribution in [2.75, 3.05) is 12.8 Å². The van der Waals surface area contributed by atoms with Crippen LogP contribution in [0.25, 0.3) is 0 Å². The van der Waals surface area contributed by atoms with Gasteiger partial charge in [0.05, 0.1) is 5.56 Å². The Morgan fingerprint density at radius 1 is 1.41 bits per heavy atom. The first-order valence-electron chi connectivity index (χ1n) is 5.94. The van der Waals surface area contributed by atoms with Gasteiger partial charge in [-0.25, -0.2) is 0 Å². The Hall–Kier alpha value is -1.51. The monoisotopic (exact) mass is 234 g/mol. The molecule has 2 N–H and O–H groups in total. The van der Waals surface area contributed by atoms with Crippen molar-refractivity contribution in [1.29, 1.82) is 0 Å². The van der Waals surface area contributed by atoms with Crippen molar-refractivity contribution >= 4 is 11.6 Å². The first-order valence-corrected chi connectivity index (χ1v) is 5.94. The Kier molecular flexibility index (Phi) is 3.81. The first-order chi connectivity index (χ1) is 7.79. The largest absolute Gasteiger partial charge is 0.398 e. The van der Waals surface area contributed by atoms with Crippen LogP contribution in [0.1, 0.15) is 43.1 Å². The zero-order valence-corrected chi connectivity index (χ0v) is 11.4. The highest BCUT2D eigenvalue weighted by molar-refractivity contribution is 5.99. The molecule has 0 bridgehead atoms. The van der Waals surface area contributed by atoms with Gasteiger partial charge in [-0.2, -0.15) is 0 Å². The van der Waals surface area contributed by atoms with E-state index in [1.54, 1.807) is 11.0 Å². The molecule has 17 heavy (non-hydrogen) atoms. The van der Waals surface area contributed by atoms with Crippen molar-refractivity contribution in [3.05, 3.63) is 29.3 Å². The number of hydrogen-bond donors (Lipinski definition) is 1. The molecule has 0 aliphatic heterocycles. The van der Waals surface area contributed by atoms with Crippen molar-refractivity contribution < 1.29 is 4.79 Å². The van der Waals surface area contributed by atoms with Crippen LogP contribution in [0.5, 0.6) is 0 Å². The van der Waals surface area contributed by atoms with E-state index < -0.39 is 0 Å². The molecule has 94 valence electrons. The predicted octanol–water partition coefficient (Wildman–Crippen LogP) is 2.84. The standard InChI is InChI=1S/C14H22N2O/c1-6-14(3,4)16(5)13(17)11-8-7-10(2)9-12(11)15/h7-9H,6,15H2,1-5H3. The average molecular weight is 234 g/mol. The summed E-state index contributed by atoms with van der Waals surface area (Å²) in [5, 5.41) is 0. The summed E-state index contributed by atoms with van der Waals surface area (Å²) in [6, 6.07) is 5.55. The molecule has 1 aromatic carbocycles. The summed E-state index contributed by atoms with van der Waals surface area (Å²) in [6.07, 6.45) is 0.904. The fraction of sp³-hybridized carbons (Fsp3) is 0.500. The smallest absolute Gasteiger partial charge is 0.256 e. The molecular formula is C14H22N2O. The minimum atomic E-state index is -0.158. The fourth-order valence-electron chi connectivity index (χ4n) is 1.57. The van der Waals surface area contributed by atoms with E-state index in [2.05, 4.69) is 20.8 Å². The van der Waals surface area contributed by atoms with Crippen LogP contribution in [0.2, 0.25) is 0 Å². The van der Waals surface area contributed by atoms with Gasteiger partial charge in [-0.15, -0.1) is 0 Å². The number of anilines is 1. The van der Waals surface area contributed by atoms with E-state index in [0.29, 0.717) is 11.3 Å². The first kappa shape index (κ1) is 13.6. The van der Waals surface area contributed by atoms with Crippen molar-refractivity contribution in [2.45, 2.75) is 39.7 Å². The summed E-state index contributed by atoms with van der Waals surface area (Å²) in [5.74, 6) is -0.0191. The second-order valence-corrected chi connectivity index (χ2v) is 5.12. The SMILES string of the molecule is CCC(C)(C)N(C)C(=O)c1ccc(C)cc1N. The third kappa shape index (κ3) is 2.78. The molecule has 3 heteroatoms. The third-order valence-electron chi connectivity index (χ3n) is 3.52. The van der Waals surface area contributed by atoms with Crippen molar-refractivity contribution in [2.24, 2.45) is 0 Å². The van der Waals surface area contributed by atoms with E-state index in [4.69, 9.17) is 5.73 Å². The van der Waals surface area contributed by atoms with Gasteiger partial charge in [0.1, 0.15) is 0 Å². The van der Waals surface area contributed by atoms with Crippen LogP contribution < -0.4 is 5.73 Å². The lowest BCUT2D eigenvalue weighted by atomic mass is 9.98. The molecule has 1 amide bonds. The molecule has 0 fully saturated rings. The summed E-state index contributed by atoms with van der Waals surface area (Å²) < 4.78 is 0. The molecule has 0 spiro atoms. The topological polar surface area (TPSA) is 46.3 Å². The second kappa shape index (κ2) is 4.78. The lowest BCUT2D eigenvalue weighted by molar-refractivity contribution is 0.0621. The number of rotatable bonds is 3. The molecule has 0 aliphatic rings. The van der Waals surface area contributed by atoms with Crippen LogP contribution in [0.3, 0.4) is 0 Å². The van der Waals surface area contributed by atoms with E-state index in [9.17, 15) is 4.79 Å². The molecule has 1 rings (SSSR count). The number of benzene rings is 1.